The normalized spacial score (nSPS) is 35.4. The SMILES string of the molecule is CCOc1ccccc1N1C(=O)[C@H]2[C@@H]3C=C[C@H](C3)[C@]2(C)C1=O. The molecule has 1 aliphatic heterocycles. The van der Waals surface area contributed by atoms with Gasteiger partial charge in [-0.25, -0.2) is 4.90 Å². The molecule has 0 spiro atoms. The van der Waals surface area contributed by atoms with Crippen molar-refractivity contribution in [3.63, 3.8) is 0 Å². The minimum absolute atomic E-state index is 0.0727. The van der Waals surface area contributed by atoms with Gasteiger partial charge in [0.15, 0.2) is 0 Å². The van der Waals surface area contributed by atoms with Crippen LogP contribution in [0.4, 0.5) is 5.69 Å². The lowest BCUT2D eigenvalue weighted by Crippen LogP contribution is -2.37. The van der Waals surface area contributed by atoms with Gasteiger partial charge in [0.05, 0.1) is 23.6 Å². The Morgan fingerprint density at radius 3 is 2.77 bits per heavy atom. The van der Waals surface area contributed by atoms with Crippen molar-refractivity contribution in [2.45, 2.75) is 20.3 Å². The third kappa shape index (κ3) is 1.47. The predicted octanol–water partition coefficient (Wildman–Crippen LogP) is 2.79. The van der Waals surface area contributed by atoms with E-state index in [0.29, 0.717) is 18.0 Å². The zero-order valence-corrected chi connectivity index (χ0v) is 12.8. The van der Waals surface area contributed by atoms with Gasteiger partial charge in [0.1, 0.15) is 5.75 Å². The number of allylic oxidation sites excluding steroid dienone is 2. The van der Waals surface area contributed by atoms with Gasteiger partial charge >= 0.3 is 0 Å². The minimum Gasteiger partial charge on any atom is -0.492 e. The maximum absolute atomic E-state index is 13.1. The largest absolute Gasteiger partial charge is 0.492 e. The summed E-state index contributed by atoms with van der Waals surface area (Å²) in [7, 11) is 0. The number of hydrogen-bond donors (Lipinski definition) is 0. The highest BCUT2D eigenvalue weighted by Gasteiger charge is 2.67. The molecular formula is C18H19NO3. The smallest absolute Gasteiger partial charge is 0.241 e. The Morgan fingerprint density at radius 1 is 1.27 bits per heavy atom. The number of carbonyl (C=O) groups excluding carboxylic acids is 2. The van der Waals surface area contributed by atoms with Gasteiger partial charge in [0, 0.05) is 0 Å². The summed E-state index contributed by atoms with van der Waals surface area (Å²) in [5, 5.41) is 0. The van der Waals surface area contributed by atoms with E-state index in [0.717, 1.165) is 6.42 Å². The maximum Gasteiger partial charge on any atom is 0.241 e. The summed E-state index contributed by atoms with van der Waals surface area (Å²) >= 11 is 0. The van der Waals surface area contributed by atoms with Crippen molar-refractivity contribution >= 4 is 17.5 Å². The van der Waals surface area contributed by atoms with Crippen LogP contribution in [-0.4, -0.2) is 18.4 Å². The second-order valence-corrected chi connectivity index (χ2v) is 6.53. The number of rotatable bonds is 3. The molecule has 1 aromatic rings. The van der Waals surface area contributed by atoms with Gasteiger partial charge in [0.2, 0.25) is 11.8 Å². The molecule has 1 saturated heterocycles. The standard InChI is InChI=1S/C18H19NO3/c1-3-22-14-7-5-4-6-13(14)19-16(20)15-11-8-9-12(10-11)18(15,2)17(19)21/h4-9,11-12,15H,3,10H2,1-2H3/t11-,12-,15-,18+/m1/s1. The topological polar surface area (TPSA) is 46.6 Å². The third-order valence-corrected chi connectivity index (χ3v) is 5.52. The van der Waals surface area contributed by atoms with Crippen molar-refractivity contribution in [3.05, 3.63) is 36.4 Å². The van der Waals surface area contributed by atoms with Crippen LogP contribution >= 0.6 is 0 Å². The fraction of sp³-hybridized carbons (Fsp3) is 0.444. The predicted molar refractivity (Wildman–Crippen MR) is 82.4 cm³/mol. The van der Waals surface area contributed by atoms with Gasteiger partial charge in [-0.2, -0.15) is 0 Å². The molecule has 2 aliphatic carbocycles. The van der Waals surface area contributed by atoms with Gasteiger partial charge in [-0.3, -0.25) is 9.59 Å². The summed E-state index contributed by atoms with van der Waals surface area (Å²) in [5.74, 6) is 0.613. The lowest BCUT2D eigenvalue weighted by atomic mass is 9.71. The lowest BCUT2D eigenvalue weighted by Gasteiger charge is -2.28. The van der Waals surface area contributed by atoms with Gasteiger partial charge in [-0.15, -0.1) is 0 Å². The lowest BCUT2D eigenvalue weighted by molar-refractivity contribution is -0.127. The second kappa shape index (κ2) is 4.45. The van der Waals surface area contributed by atoms with Crippen LogP contribution in [0.1, 0.15) is 20.3 Å². The summed E-state index contributed by atoms with van der Waals surface area (Å²) < 4.78 is 5.61. The van der Waals surface area contributed by atoms with Crippen LogP contribution in [0.25, 0.3) is 0 Å². The highest BCUT2D eigenvalue weighted by molar-refractivity contribution is 6.25. The average molecular weight is 297 g/mol. The highest BCUT2D eigenvalue weighted by atomic mass is 16.5. The number of imide groups is 1. The molecule has 0 aromatic heterocycles. The molecule has 0 N–H and O–H groups in total. The first-order valence-electron chi connectivity index (χ1n) is 7.87. The summed E-state index contributed by atoms with van der Waals surface area (Å²) in [5.41, 5.74) is -0.00935. The molecule has 3 aliphatic rings. The zero-order valence-electron chi connectivity index (χ0n) is 12.8. The minimum atomic E-state index is -0.587. The molecule has 0 radical (unpaired) electrons. The number of hydrogen-bond acceptors (Lipinski definition) is 3. The van der Waals surface area contributed by atoms with E-state index < -0.39 is 5.41 Å². The molecule has 1 heterocycles. The molecule has 1 aromatic carbocycles. The van der Waals surface area contributed by atoms with E-state index in [-0.39, 0.29) is 29.6 Å². The van der Waals surface area contributed by atoms with Crippen LogP contribution in [0.2, 0.25) is 0 Å². The van der Waals surface area contributed by atoms with Crippen LogP contribution in [0, 0.1) is 23.2 Å². The molecule has 1 saturated carbocycles. The molecule has 2 fully saturated rings. The van der Waals surface area contributed by atoms with E-state index in [4.69, 9.17) is 4.74 Å². The number of nitrogens with zero attached hydrogens (tertiary/aromatic N) is 1. The molecular weight excluding hydrogens is 278 g/mol. The number of carbonyl (C=O) groups is 2. The Hall–Kier alpha value is -2.10. The first-order chi connectivity index (χ1) is 10.6. The average Bonchev–Trinajstić information content (AvgIpc) is 3.13. The Morgan fingerprint density at radius 2 is 2.05 bits per heavy atom. The van der Waals surface area contributed by atoms with E-state index >= 15 is 0 Å². The molecule has 22 heavy (non-hydrogen) atoms. The van der Waals surface area contributed by atoms with Gasteiger partial charge in [-0.05, 0) is 44.2 Å². The van der Waals surface area contributed by atoms with Crippen molar-refractivity contribution in [1.82, 2.24) is 0 Å². The Kier molecular flexibility index (Phi) is 2.74. The van der Waals surface area contributed by atoms with Crippen LogP contribution in [0.5, 0.6) is 5.75 Å². The fourth-order valence-corrected chi connectivity index (χ4v) is 4.45. The molecule has 0 unspecified atom stereocenters. The summed E-state index contributed by atoms with van der Waals surface area (Å²) in [6.45, 7) is 4.35. The molecule has 4 rings (SSSR count). The second-order valence-electron chi connectivity index (χ2n) is 6.53. The molecule has 4 heteroatoms. The van der Waals surface area contributed by atoms with Crippen molar-refractivity contribution < 1.29 is 14.3 Å². The molecule has 4 nitrogen and oxygen atoms in total. The Balaban J connectivity index is 1.80. The Bertz CT molecular complexity index is 695. The van der Waals surface area contributed by atoms with Crippen molar-refractivity contribution in [2.24, 2.45) is 23.2 Å². The van der Waals surface area contributed by atoms with E-state index in [1.807, 2.05) is 32.0 Å². The summed E-state index contributed by atoms with van der Waals surface area (Å²) in [6, 6.07) is 7.29. The first kappa shape index (κ1) is 13.6. The zero-order chi connectivity index (χ0) is 15.5. The van der Waals surface area contributed by atoms with E-state index in [1.54, 1.807) is 6.07 Å². The maximum atomic E-state index is 13.1. The van der Waals surface area contributed by atoms with Crippen LogP contribution < -0.4 is 9.64 Å². The quantitative estimate of drug-likeness (QED) is 0.636. The van der Waals surface area contributed by atoms with Crippen LogP contribution in [0.3, 0.4) is 0 Å². The monoisotopic (exact) mass is 297 g/mol. The number of para-hydroxylation sites is 2. The highest BCUT2D eigenvalue weighted by Crippen LogP contribution is 2.61. The number of benzene rings is 1. The number of fused-ring (bicyclic) bond motifs is 5. The number of amides is 2. The van der Waals surface area contributed by atoms with Crippen molar-refractivity contribution in [3.8, 4) is 5.75 Å². The van der Waals surface area contributed by atoms with Crippen LogP contribution in [-0.2, 0) is 9.59 Å². The molecule has 2 bridgehead atoms. The van der Waals surface area contributed by atoms with Gasteiger partial charge in [-0.1, -0.05) is 24.3 Å². The van der Waals surface area contributed by atoms with Crippen LogP contribution in [0.15, 0.2) is 36.4 Å². The van der Waals surface area contributed by atoms with E-state index in [2.05, 4.69) is 12.2 Å². The van der Waals surface area contributed by atoms with E-state index in [9.17, 15) is 9.59 Å². The first-order valence-corrected chi connectivity index (χ1v) is 7.87. The van der Waals surface area contributed by atoms with Crippen molar-refractivity contribution in [2.75, 3.05) is 11.5 Å². The van der Waals surface area contributed by atoms with E-state index in [1.165, 1.54) is 4.90 Å². The third-order valence-electron chi connectivity index (χ3n) is 5.52. The van der Waals surface area contributed by atoms with Crippen molar-refractivity contribution in [1.29, 1.82) is 0 Å². The number of anilines is 1. The molecule has 4 atom stereocenters. The molecule has 2 amide bonds. The van der Waals surface area contributed by atoms with Gasteiger partial charge in [0.25, 0.3) is 0 Å². The Labute approximate surface area is 129 Å². The summed E-state index contributed by atoms with van der Waals surface area (Å²) in [6.07, 6.45) is 5.16. The summed E-state index contributed by atoms with van der Waals surface area (Å²) in [4.78, 5) is 27.4. The number of ether oxygens (including phenoxy) is 1. The molecule has 114 valence electrons. The fourth-order valence-electron chi connectivity index (χ4n) is 4.45. The van der Waals surface area contributed by atoms with Gasteiger partial charge < -0.3 is 4.74 Å².